The Balaban J connectivity index is 1.65. The zero-order valence-corrected chi connectivity index (χ0v) is 14.6. The molecule has 1 aliphatic carbocycles. The molecular formula is C21H18N4O2. The fourth-order valence-electron chi connectivity index (χ4n) is 4.19. The van der Waals surface area contributed by atoms with Gasteiger partial charge in [-0.15, -0.1) is 0 Å². The zero-order valence-electron chi connectivity index (χ0n) is 14.6. The molecule has 6 heteroatoms. The zero-order chi connectivity index (χ0) is 18.5. The number of nitrogens with zero attached hydrogens (tertiary/aromatic N) is 3. The maximum absolute atomic E-state index is 13.4. The van der Waals surface area contributed by atoms with Gasteiger partial charge in [0.25, 0.3) is 5.91 Å². The van der Waals surface area contributed by atoms with E-state index in [1.165, 1.54) is 0 Å². The van der Waals surface area contributed by atoms with Crippen molar-refractivity contribution in [2.75, 3.05) is 6.54 Å². The number of likely N-dealkylation sites (tertiary alicyclic amines) is 1. The number of aromatic nitrogens is 2. The molecule has 1 saturated heterocycles. The van der Waals surface area contributed by atoms with Crippen molar-refractivity contribution in [2.45, 2.75) is 12.5 Å². The molecule has 0 radical (unpaired) electrons. The van der Waals surface area contributed by atoms with E-state index < -0.39 is 11.9 Å². The van der Waals surface area contributed by atoms with Crippen molar-refractivity contribution < 1.29 is 9.59 Å². The number of hydrogen-bond donors (Lipinski definition) is 1. The number of carbonyl (C=O) groups excluding carboxylic acids is 2. The third-order valence-corrected chi connectivity index (χ3v) is 5.59. The minimum atomic E-state index is -0.518. The first kappa shape index (κ1) is 15.9. The number of primary amides is 1. The Morgan fingerprint density at radius 3 is 2.74 bits per heavy atom. The van der Waals surface area contributed by atoms with E-state index in [-0.39, 0.29) is 11.8 Å². The van der Waals surface area contributed by atoms with Gasteiger partial charge in [0.15, 0.2) is 0 Å². The Morgan fingerprint density at radius 2 is 1.96 bits per heavy atom. The lowest BCUT2D eigenvalue weighted by atomic mass is 10.0. The van der Waals surface area contributed by atoms with E-state index in [2.05, 4.69) is 4.98 Å². The van der Waals surface area contributed by atoms with Gasteiger partial charge in [0.2, 0.25) is 5.91 Å². The molecule has 2 N–H and O–H groups in total. The average Bonchev–Trinajstić information content (AvgIpc) is 3.35. The summed E-state index contributed by atoms with van der Waals surface area (Å²) in [5, 5.41) is 0.792. The Hall–Kier alpha value is -3.28. The van der Waals surface area contributed by atoms with Gasteiger partial charge in [-0.25, -0.2) is 4.98 Å². The fraction of sp³-hybridized carbons (Fsp3) is 0.238. The molecule has 2 aliphatic rings. The summed E-state index contributed by atoms with van der Waals surface area (Å²) in [6.45, 7) is 0.580. The standard InChI is InChI=1S/C21H18N4O2/c22-20(26)19-15-9-14(15)11-25(19)21(27)16-8-13-10-23-7-6-17(13)24-18(16)12-4-2-1-3-5-12/h1-8,10,14-15,19H,9,11H2,(H2,22,26)/t14-,15-,19-/m0/s1. The number of fused-ring (bicyclic) bond motifs is 2. The normalized spacial score (nSPS) is 23.3. The van der Waals surface area contributed by atoms with Gasteiger partial charge in [-0.2, -0.15) is 0 Å². The highest BCUT2D eigenvalue weighted by Crippen LogP contribution is 2.50. The van der Waals surface area contributed by atoms with Gasteiger partial charge in [-0.1, -0.05) is 30.3 Å². The highest BCUT2D eigenvalue weighted by atomic mass is 16.2. The van der Waals surface area contributed by atoms with Crippen LogP contribution in [0.5, 0.6) is 0 Å². The second-order valence-corrected chi connectivity index (χ2v) is 7.28. The van der Waals surface area contributed by atoms with E-state index in [4.69, 9.17) is 10.7 Å². The smallest absolute Gasteiger partial charge is 0.256 e. The van der Waals surface area contributed by atoms with E-state index in [1.54, 1.807) is 17.3 Å². The van der Waals surface area contributed by atoms with E-state index in [0.29, 0.717) is 23.7 Å². The predicted octanol–water partition coefficient (Wildman–Crippen LogP) is 2.24. The van der Waals surface area contributed by atoms with Crippen molar-refractivity contribution in [3.05, 3.63) is 60.4 Å². The van der Waals surface area contributed by atoms with Crippen LogP contribution in [0.3, 0.4) is 0 Å². The largest absolute Gasteiger partial charge is 0.368 e. The fourth-order valence-corrected chi connectivity index (χ4v) is 4.19. The first-order valence-corrected chi connectivity index (χ1v) is 9.04. The van der Waals surface area contributed by atoms with Gasteiger partial charge >= 0.3 is 0 Å². The maximum atomic E-state index is 13.4. The highest BCUT2D eigenvalue weighted by molar-refractivity contribution is 6.05. The van der Waals surface area contributed by atoms with Crippen LogP contribution >= 0.6 is 0 Å². The molecule has 27 heavy (non-hydrogen) atoms. The molecule has 1 aromatic carbocycles. The third kappa shape index (κ3) is 2.56. The van der Waals surface area contributed by atoms with Crippen LogP contribution in [0.15, 0.2) is 54.9 Å². The van der Waals surface area contributed by atoms with E-state index in [0.717, 1.165) is 22.9 Å². The first-order chi connectivity index (χ1) is 13.1. The van der Waals surface area contributed by atoms with Crippen LogP contribution in [0.1, 0.15) is 16.8 Å². The van der Waals surface area contributed by atoms with Crippen molar-refractivity contribution in [1.82, 2.24) is 14.9 Å². The molecule has 6 nitrogen and oxygen atoms in total. The van der Waals surface area contributed by atoms with E-state index >= 15 is 0 Å². The Kier molecular flexibility index (Phi) is 3.47. The molecule has 0 spiro atoms. The molecule has 1 saturated carbocycles. The topological polar surface area (TPSA) is 89.2 Å². The summed E-state index contributed by atoms with van der Waals surface area (Å²) in [5.74, 6) is -0.0171. The van der Waals surface area contributed by atoms with Gasteiger partial charge in [-0.05, 0) is 30.4 Å². The molecule has 2 fully saturated rings. The summed E-state index contributed by atoms with van der Waals surface area (Å²) in [5.41, 5.74) is 8.33. The van der Waals surface area contributed by atoms with Gasteiger partial charge in [0.1, 0.15) is 6.04 Å². The predicted molar refractivity (Wildman–Crippen MR) is 101 cm³/mol. The van der Waals surface area contributed by atoms with Crippen molar-refractivity contribution in [3.8, 4) is 11.3 Å². The number of hydrogen-bond acceptors (Lipinski definition) is 4. The summed E-state index contributed by atoms with van der Waals surface area (Å²) in [4.78, 5) is 35.9. The van der Waals surface area contributed by atoms with Crippen molar-refractivity contribution in [3.63, 3.8) is 0 Å². The molecule has 2 amide bonds. The number of benzene rings is 1. The van der Waals surface area contributed by atoms with Gasteiger partial charge in [0, 0.05) is 29.9 Å². The lowest BCUT2D eigenvalue weighted by Crippen LogP contribution is -2.46. The quantitative estimate of drug-likeness (QED) is 0.778. The van der Waals surface area contributed by atoms with Crippen LogP contribution in [-0.4, -0.2) is 39.3 Å². The monoisotopic (exact) mass is 358 g/mol. The molecular weight excluding hydrogens is 340 g/mol. The third-order valence-electron chi connectivity index (χ3n) is 5.59. The molecule has 3 aromatic rings. The van der Waals surface area contributed by atoms with Crippen molar-refractivity contribution >= 4 is 22.7 Å². The summed E-state index contributed by atoms with van der Waals surface area (Å²) >= 11 is 0. The molecule has 3 atom stereocenters. The van der Waals surface area contributed by atoms with Crippen LogP contribution in [0.2, 0.25) is 0 Å². The number of carbonyl (C=O) groups is 2. The van der Waals surface area contributed by atoms with E-state index in [1.807, 2.05) is 42.5 Å². The second-order valence-electron chi connectivity index (χ2n) is 7.28. The Morgan fingerprint density at radius 1 is 1.15 bits per heavy atom. The molecule has 0 bridgehead atoms. The lowest BCUT2D eigenvalue weighted by molar-refractivity contribution is -0.122. The van der Waals surface area contributed by atoms with Gasteiger partial charge < -0.3 is 10.6 Å². The van der Waals surface area contributed by atoms with Gasteiger partial charge in [-0.3, -0.25) is 14.6 Å². The summed E-state index contributed by atoms with van der Waals surface area (Å²) in [6, 6.07) is 12.7. The summed E-state index contributed by atoms with van der Waals surface area (Å²) < 4.78 is 0. The molecule has 1 aliphatic heterocycles. The van der Waals surface area contributed by atoms with Crippen LogP contribution in [0.4, 0.5) is 0 Å². The summed E-state index contributed by atoms with van der Waals surface area (Å²) in [6.07, 6.45) is 4.35. The minimum Gasteiger partial charge on any atom is -0.368 e. The maximum Gasteiger partial charge on any atom is 0.256 e. The SMILES string of the molecule is NC(=O)[C@@H]1[C@H]2C[C@H]2CN1C(=O)c1cc2cnccc2nc1-c1ccccc1. The summed E-state index contributed by atoms with van der Waals surface area (Å²) in [7, 11) is 0. The van der Waals surface area contributed by atoms with Gasteiger partial charge in [0.05, 0.1) is 16.8 Å². The average molecular weight is 358 g/mol. The number of pyridine rings is 2. The molecule has 3 heterocycles. The molecule has 2 aromatic heterocycles. The minimum absolute atomic E-state index is 0.192. The highest BCUT2D eigenvalue weighted by Gasteiger charge is 2.56. The number of piperidine rings is 1. The number of nitrogens with two attached hydrogens (primary N) is 1. The molecule has 134 valence electrons. The Labute approximate surface area is 156 Å². The first-order valence-electron chi connectivity index (χ1n) is 9.04. The second kappa shape index (κ2) is 5.87. The van der Waals surface area contributed by atoms with Crippen LogP contribution in [-0.2, 0) is 4.79 Å². The lowest BCUT2D eigenvalue weighted by Gasteiger charge is -2.26. The molecule has 0 unspecified atom stereocenters. The van der Waals surface area contributed by atoms with Crippen molar-refractivity contribution in [1.29, 1.82) is 0 Å². The van der Waals surface area contributed by atoms with Crippen LogP contribution in [0.25, 0.3) is 22.2 Å². The van der Waals surface area contributed by atoms with Crippen LogP contribution in [0, 0.1) is 11.8 Å². The number of amides is 2. The Bertz CT molecular complexity index is 1070. The number of rotatable bonds is 3. The van der Waals surface area contributed by atoms with Crippen molar-refractivity contribution in [2.24, 2.45) is 17.6 Å². The molecule has 5 rings (SSSR count). The van der Waals surface area contributed by atoms with Crippen LogP contribution < -0.4 is 5.73 Å². The van der Waals surface area contributed by atoms with E-state index in [9.17, 15) is 9.59 Å².